The monoisotopic (exact) mass is 375 g/mol. The fourth-order valence-electron chi connectivity index (χ4n) is 1.67. The second-order valence-corrected chi connectivity index (χ2v) is 8.64. The smallest absolute Gasteiger partial charge is 0.245 e. The van der Waals surface area contributed by atoms with Crippen LogP contribution < -0.4 is 5.73 Å². The van der Waals surface area contributed by atoms with Crippen LogP contribution >= 0.6 is 27.3 Å². The molecule has 0 unspecified atom stereocenters. The van der Waals surface area contributed by atoms with Crippen LogP contribution in [0.25, 0.3) is 0 Å². The predicted molar refractivity (Wildman–Crippen MR) is 82.8 cm³/mol. The van der Waals surface area contributed by atoms with Crippen molar-refractivity contribution in [2.24, 2.45) is 5.73 Å². The summed E-state index contributed by atoms with van der Waals surface area (Å²) in [7, 11) is -1.98. The van der Waals surface area contributed by atoms with Gasteiger partial charge in [0.05, 0.1) is 3.79 Å². The van der Waals surface area contributed by atoms with Gasteiger partial charge in [0.25, 0.3) is 0 Å². The molecule has 2 aromatic rings. The molecule has 0 radical (unpaired) electrons. The van der Waals surface area contributed by atoms with Crippen LogP contribution in [-0.4, -0.2) is 24.8 Å². The van der Waals surface area contributed by atoms with Crippen LogP contribution in [0.2, 0.25) is 0 Å². The zero-order chi connectivity index (χ0) is 14.8. The van der Waals surface area contributed by atoms with Gasteiger partial charge in [0.2, 0.25) is 10.0 Å². The van der Waals surface area contributed by atoms with Crippen molar-refractivity contribution in [3.05, 3.63) is 44.8 Å². The van der Waals surface area contributed by atoms with Crippen LogP contribution in [0, 0.1) is 0 Å². The fraction of sp³-hybridized carbons (Fsp3) is 0.250. The topological polar surface area (TPSA) is 76.3 Å². The van der Waals surface area contributed by atoms with Crippen molar-refractivity contribution >= 4 is 37.3 Å². The Balaban J connectivity index is 2.27. The molecule has 0 spiro atoms. The van der Waals surface area contributed by atoms with Crippen LogP contribution in [0.4, 0.5) is 0 Å². The number of hydrogen-bond acceptors (Lipinski definition) is 5. The van der Waals surface area contributed by atoms with Gasteiger partial charge in [-0.2, -0.15) is 4.31 Å². The maximum atomic E-state index is 12.5. The van der Waals surface area contributed by atoms with E-state index in [1.807, 2.05) is 0 Å². The molecule has 5 nitrogen and oxygen atoms in total. The van der Waals surface area contributed by atoms with Gasteiger partial charge in [-0.25, -0.2) is 8.42 Å². The summed E-state index contributed by atoms with van der Waals surface area (Å²) in [4.78, 5) is 5.00. The molecule has 0 fully saturated rings. The number of nitrogens with zero attached hydrogens (tertiary/aromatic N) is 2. The summed E-state index contributed by atoms with van der Waals surface area (Å²) in [5.41, 5.74) is 6.43. The average molecular weight is 376 g/mol. The number of aromatic nitrogens is 1. The second kappa shape index (κ2) is 6.31. The quantitative estimate of drug-likeness (QED) is 0.868. The highest BCUT2D eigenvalue weighted by Crippen LogP contribution is 2.33. The zero-order valence-corrected chi connectivity index (χ0v) is 14.0. The molecule has 20 heavy (non-hydrogen) atoms. The molecule has 0 aromatic carbocycles. The second-order valence-electron chi connectivity index (χ2n) is 4.17. The molecule has 2 heterocycles. The van der Waals surface area contributed by atoms with Crippen molar-refractivity contribution in [2.75, 3.05) is 7.05 Å². The number of rotatable bonds is 5. The first-order valence-corrected chi connectivity index (χ1v) is 8.83. The van der Waals surface area contributed by atoms with Crippen LogP contribution in [0.5, 0.6) is 0 Å². The molecule has 0 bridgehead atoms. The third-order valence-electron chi connectivity index (χ3n) is 2.75. The number of halogens is 1. The van der Waals surface area contributed by atoms with Crippen LogP contribution in [-0.2, 0) is 23.1 Å². The lowest BCUT2D eigenvalue weighted by molar-refractivity contribution is 0.466. The van der Waals surface area contributed by atoms with Gasteiger partial charge in [-0.15, -0.1) is 11.3 Å². The lowest BCUT2D eigenvalue weighted by atomic mass is 10.3. The van der Waals surface area contributed by atoms with E-state index in [9.17, 15) is 8.42 Å². The van der Waals surface area contributed by atoms with Crippen molar-refractivity contribution in [3.8, 4) is 0 Å². The van der Waals surface area contributed by atoms with E-state index >= 15 is 0 Å². The van der Waals surface area contributed by atoms with E-state index in [0.29, 0.717) is 16.9 Å². The Morgan fingerprint density at radius 1 is 1.40 bits per heavy atom. The number of nitrogens with two attached hydrogens (primary N) is 1. The Morgan fingerprint density at radius 2 is 2.05 bits per heavy atom. The molecule has 0 aliphatic heterocycles. The van der Waals surface area contributed by atoms with Gasteiger partial charge >= 0.3 is 0 Å². The normalized spacial score (nSPS) is 12.0. The highest BCUT2D eigenvalue weighted by Gasteiger charge is 2.25. The predicted octanol–water partition coefficient (Wildman–Crippen LogP) is 2.19. The van der Waals surface area contributed by atoms with E-state index in [-0.39, 0.29) is 4.90 Å². The van der Waals surface area contributed by atoms with E-state index < -0.39 is 10.0 Å². The minimum absolute atomic E-state index is 0.263. The molecular weight excluding hydrogens is 362 g/mol. The van der Waals surface area contributed by atoms with E-state index in [1.54, 1.807) is 37.6 Å². The number of thiophene rings is 1. The number of sulfonamides is 1. The van der Waals surface area contributed by atoms with E-state index in [1.165, 1.54) is 15.6 Å². The molecule has 108 valence electrons. The van der Waals surface area contributed by atoms with Gasteiger partial charge in [-0.3, -0.25) is 4.98 Å². The van der Waals surface area contributed by atoms with Gasteiger partial charge < -0.3 is 5.73 Å². The van der Waals surface area contributed by atoms with E-state index in [0.717, 1.165) is 10.4 Å². The number of pyridine rings is 1. The first kappa shape index (κ1) is 15.6. The van der Waals surface area contributed by atoms with Crippen molar-refractivity contribution in [1.29, 1.82) is 0 Å². The van der Waals surface area contributed by atoms with Gasteiger partial charge in [-0.05, 0) is 39.7 Å². The standard InChI is InChI=1S/C12H14BrN3O2S2/c1-16(8-9-2-4-15-5-3-9)20(17,18)11-6-10(7-14)19-12(11)13/h2-6H,7-8,14H2,1H3. The molecule has 0 amide bonds. The molecule has 2 N–H and O–H groups in total. The molecule has 0 saturated carbocycles. The van der Waals surface area contributed by atoms with Crippen molar-refractivity contribution < 1.29 is 8.42 Å². The largest absolute Gasteiger partial charge is 0.326 e. The summed E-state index contributed by atoms with van der Waals surface area (Å²) in [5, 5.41) is 0. The van der Waals surface area contributed by atoms with Gasteiger partial charge in [-0.1, -0.05) is 0 Å². The van der Waals surface area contributed by atoms with Crippen molar-refractivity contribution in [3.63, 3.8) is 0 Å². The molecule has 0 aliphatic rings. The van der Waals surface area contributed by atoms with Gasteiger partial charge in [0.1, 0.15) is 4.90 Å². The average Bonchev–Trinajstić information content (AvgIpc) is 2.82. The minimum atomic E-state index is -3.54. The Labute approximate surface area is 130 Å². The third kappa shape index (κ3) is 3.26. The maximum absolute atomic E-state index is 12.5. The van der Waals surface area contributed by atoms with Gasteiger partial charge in [0, 0.05) is 37.4 Å². The summed E-state index contributed by atoms with van der Waals surface area (Å²) < 4.78 is 27.0. The molecule has 2 aromatic heterocycles. The SMILES string of the molecule is CN(Cc1ccncc1)S(=O)(=O)c1cc(CN)sc1Br. The molecule has 0 saturated heterocycles. The third-order valence-corrected chi connectivity index (χ3v) is 6.83. The van der Waals surface area contributed by atoms with Crippen molar-refractivity contribution in [2.45, 2.75) is 18.0 Å². The molecule has 0 aliphatic carbocycles. The first-order chi connectivity index (χ1) is 9.45. The molecular formula is C12H14BrN3O2S2. The van der Waals surface area contributed by atoms with Gasteiger partial charge in [0.15, 0.2) is 0 Å². The van der Waals surface area contributed by atoms with Crippen LogP contribution in [0.1, 0.15) is 10.4 Å². The summed E-state index contributed by atoms with van der Waals surface area (Å²) in [6, 6.07) is 5.20. The Bertz CT molecular complexity index is 686. The summed E-state index contributed by atoms with van der Waals surface area (Å²) in [6.07, 6.45) is 3.28. The Kier molecular flexibility index (Phi) is 4.92. The molecule has 8 heteroatoms. The minimum Gasteiger partial charge on any atom is -0.326 e. The van der Waals surface area contributed by atoms with Crippen LogP contribution in [0.15, 0.2) is 39.3 Å². The van der Waals surface area contributed by atoms with E-state index in [2.05, 4.69) is 20.9 Å². The zero-order valence-electron chi connectivity index (χ0n) is 10.8. The summed E-state index contributed by atoms with van der Waals surface area (Å²) >= 11 is 4.64. The lowest BCUT2D eigenvalue weighted by Gasteiger charge is -2.16. The number of hydrogen-bond donors (Lipinski definition) is 1. The molecule has 0 atom stereocenters. The van der Waals surface area contributed by atoms with Crippen molar-refractivity contribution in [1.82, 2.24) is 9.29 Å². The fourth-order valence-corrected chi connectivity index (χ4v) is 5.34. The Morgan fingerprint density at radius 3 is 2.60 bits per heavy atom. The highest BCUT2D eigenvalue weighted by molar-refractivity contribution is 9.11. The van der Waals surface area contributed by atoms with Crippen LogP contribution in [0.3, 0.4) is 0 Å². The highest BCUT2D eigenvalue weighted by atomic mass is 79.9. The maximum Gasteiger partial charge on any atom is 0.245 e. The first-order valence-electron chi connectivity index (χ1n) is 5.78. The summed E-state index contributed by atoms with van der Waals surface area (Å²) in [6.45, 7) is 0.623. The molecule has 2 rings (SSSR count). The summed E-state index contributed by atoms with van der Waals surface area (Å²) in [5.74, 6) is 0. The van der Waals surface area contributed by atoms with E-state index in [4.69, 9.17) is 5.73 Å². The lowest BCUT2D eigenvalue weighted by Crippen LogP contribution is -2.26. The Hall–Kier alpha value is -0.800.